The fourth-order valence-electron chi connectivity index (χ4n) is 3.93. The van der Waals surface area contributed by atoms with Crippen molar-refractivity contribution < 1.29 is 23.6 Å². The van der Waals surface area contributed by atoms with Crippen molar-refractivity contribution in [1.29, 1.82) is 0 Å². The topological polar surface area (TPSA) is 135 Å². The number of nitrogens with zero attached hydrogens (tertiary/aromatic N) is 4. The Labute approximate surface area is 186 Å². The number of carbonyl (C=O) groups is 2. The molecule has 3 heterocycles. The van der Waals surface area contributed by atoms with E-state index in [0.29, 0.717) is 28.8 Å². The van der Waals surface area contributed by atoms with Crippen LogP contribution in [0.1, 0.15) is 22.7 Å². The third-order valence-corrected chi connectivity index (χ3v) is 5.74. The molecule has 0 saturated carbocycles. The quantitative estimate of drug-likeness (QED) is 0.490. The lowest BCUT2D eigenvalue weighted by Gasteiger charge is -2.16. The van der Waals surface area contributed by atoms with E-state index < -0.39 is 23.2 Å². The molecule has 2 aromatic carbocycles. The minimum atomic E-state index is -1.75. The van der Waals surface area contributed by atoms with Gasteiger partial charge in [-0.3, -0.25) is 9.59 Å². The number of benzene rings is 2. The van der Waals surface area contributed by atoms with Gasteiger partial charge in [0.15, 0.2) is 11.6 Å². The Balaban J connectivity index is 1.56. The molecule has 10 heteroatoms. The number of primary amides is 1. The standard InChI is InChI=1S/C23H18FN5O4/c1-29-8-7-23(32,22(29)31)18-11-16(28-33-18)12-3-2-4-13(9-12)21-26-17-10-14(24)5-6-15(17)19(27-21)20(25)30/h2-6,9-11,32H,7-8H2,1H3,(H2,25,30)/t23-/m0/s1. The first kappa shape index (κ1) is 20.7. The molecule has 0 radical (unpaired) electrons. The minimum absolute atomic E-state index is 0.0183. The summed E-state index contributed by atoms with van der Waals surface area (Å²) in [6.07, 6.45) is 0.203. The Morgan fingerprint density at radius 2 is 1.97 bits per heavy atom. The molecule has 1 atom stereocenters. The van der Waals surface area contributed by atoms with Crippen LogP contribution in [0.2, 0.25) is 0 Å². The third kappa shape index (κ3) is 3.40. The van der Waals surface area contributed by atoms with Crippen LogP contribution in [0.5, 0.6) is 0 Å². The maximum Gasteiger partial charge on any atom is 0.268 e. The molecule has 0 unspecified atom stereocenters. The number of aliphatic hydroxyl groups is 1. The van der Waals surface area contributed by atoms with Gasteiger partial charge >= 0.3 is 0 Å². The molecule has 1 saturated heterocycles. The van der Waals surface area contributed by atoms with Gasteiger partial charge in [0.05, 0.1) is 5.52 Å². The SMILES string of the molecule is CN1CC[C@](O)(c2cc(-c3cccc(-c4nc(C(N)=O)c5ccc(F)cc5n4)c3)no2)C1=O. The predicted octanol–water partition coefficient (Wildman–Crippen LogP) is 2.24. The molecule has 166 valence electrons. The molecule has 3 N–H and O–H groups in total. The van der Waals surface area contributed by atoms with Crippen molar-refractivity contribution in [2.45, 2.75) is 12.0 Å². The number of hydrogen-bond acceptors (Lipinski definition) is 7. The van der Waals surface area contributed by atoms with Gasteiger partial charge in [-0.1, -0.05) is 23.4 Å². The summed E-state index contributed by atoms with van der Waals surface area (Å²) in [6.45, 7) is 0.406. The van der Waals surface area contributed by atoms with Gasteiger partial charge in [0.25, 0.3) is 11.8 Å². The third-order valence-electron chi connectivity index (χ3n) is 5.74. The summed E-state index contributed by atoms with van der Waals surface area (Å²) in [5.74, 6) is -1.47. The van der Waals surface area contributed by atoms with Crippen molar-refractivity contribution in [3.05, 3.63) is 65.8 Å². The van der Waals surface area contributed by atoms with E-state index in [2.05, 4.69) is 15.1 Å². The summed E-state index contributed by atoms with van der Waals surface area (Å²) >= 11 is 0. The van der Waals surface area contributed by atoms with Crippen LogP contribution in [0.4, 0.5) is 4.39 Å². The first-order valence-corrected chi connectivity index (χ1v) is 10.1. The van der Waals surface area contributed by atoms with Gasteiger partial charge < -0.3 is 20.3 Å². The Morgan fingerprint density at radius 3 is 2.70 bits per heavy atom. The molecule has 2 aromatic heterocycles. The van der Waals surface area contributed by atoms with Gasteiger partial charge in [-0.25, -0.2) is 14.4 Å². The van der Waals surface area contributed by atoms with Crippen molar-refractivity contribution >= 4 is 22.7 Å². The summed E-state index contributed by atoms with van der Waals surface area (Å²) in [5, 5.41) is 15.1. The van der Waals surface area contributed by atoms with Crippen molar-refractivity contribution in [3.63, 3.8) is 0 Å². The zero-order chi connectivity index (χ0) is 23.3. The number of fused-ring (bicyclic) bond motifs is 1. The van der Waals surface area contributed by atoms with Crippen LogP contribution in [-0.4, -0.2) is 50.5 Å². The highest BCUT2D eigenvalue weighted by Crippen LogP contribution is 2.35. The largest absolute Gasteiger partial charge is 0.373 e. The number of amides is 2. The summed E-state index contributed by atoms with van der Waals surface area (Å²) in [7, 11) is 1.61. The van der Waals surface area contributed by atoms with Crippen LogP contribution in [0.3, 0.4) is 0 Å². The van der Waals surface area contributed by atoms with E-state index >= 15 is 0 Å². The van der Waals surface area contributed by atoms with E-state index in [9.17, 15) is 19.1 Å². The Hall–Kier alpha value is -4.18. The van der Waals surface area contributed by atoms with Crippen molar-refractivity contribution in [3.8, 4) is 22.6 Å². The average Bonchev–Trinajstić information content (AvgIpc) is 3.40. The lowest BCUT2D eigenvalue weighted by Crippen LogP contribution is -2.35. The molecule has 1 aliphatic heterocycles. The molecule has 9 nitrogen and oxygen atoms in total. The Morgan fingerprint density at radius 1 is 1.18 bits per heavy atom. The number of nitrogens with two attached hydrogens (primary N) is 1. The van der Waals surface area contributed by atoms with E-state index in [0.717, 1.165) is 0 Å². The highest BCUT2D eigenvalue weighted by molar-refractivity contribution is 6.04. The average molecular weight is 447 g/mol. The summed E-state index contributed by atoms with van der Waals surface area (Å²) in [4.78, 5) is 34.4. The van der Waals surface area contributed by atoms with Crippen molar-refractivity contribution in [2.24, 2.45) is 5.73 Å². The Kier molecular flexibility index (Phi) is 4.68. The number of hydrogen-bond donors (Lipinski definition) is 2. The molecule has 0 spiro atoms. The molecule has 0 bridgehead atoms. The fourth-order valence-corrected chi connectivity index (χ4v) is 3.93. The molecular weight excluding hydrogens is 429 g/mol. The van der Waals surface area contributed by atoms with E-state index in [1.54, 1.807) is 31.3 Å². The second-order valence-electron chi connectivity index (χ2n) is 7.92. The molecule has 1 fully saturated rings. The number of likely N-dealkylation sites (tertiary alicyclic amines) is 1. The molecule has 2 amide bonds. The highest BCUT2D eigenvalue weighted by atomic mass is 19.1. The molecule has 1 aliphatic rings. The van der Waals surface area contributed by atoms with E-state index in [1.807, 2.05) is 0 Å². The van der Waals surface area contributed by atoms with Crippen LogP contribution in [0.15, 0.2) is 53.1 Å². The maximum atomic E-state index is 13.8. The molecule has 33 heavy (non-hydrogen) atoms. The summed E-state index contributed by atoms with van der Waals surface area (Å²) < 4.78 is 19.1. The normalized spacial score (nSPS) is 18.3. The fraction of sp³-hybridized carbons (Fsp3) is 0.174. The molecule has 4 aromatic rings. The van der Waals surface area contributed by atoms with Crippen LogP contribution in [0, 0.1) is 5.82 Å². The minimum Gasteiger partial charge on any atom is -0.373 e. The smallest absolute Gasteiger partial charge is 0.268 e. The van der Waals surface area contributed by atoms with Gasteiger partial charge in [0.1, 0.15) is 17.2 Å². The van der Waals surface area contributed by atoms with Crippen molar-refractivity contribution in [2.75, 3.05) is 13.6 Å². The number of halogens is 1. The monoisotopic (exact) mass is 447 g/mol. The van der Waals surface area contributed by atoms with Gasteiger partial charge in [-0.05, 0) is 18.2 Å². The molecule has 5 rings (SSSR count). The van der Waals surface area contributed by atoms with Crippen LogP contribution >= 0.6 is 0 Å². The lowest BCUT2D eigenvalue weighted by atomic mass is 9.98. The van der Waals surface area contributed by atoms with E-state index in [4.69, 9.17) is 10.3 Å². The Bertz CT molecular complexity index is 1440. The molecule has 0 aliphatic carbocycles. The molecular formula is C23H18FN5O4. The zero-order valence-corrected chi connectivity index (χ0v) is 17.4. The van der Waals surface area contributed by atoms with Crippen molar-refractivity contribution in [1.82, 2.24) is 20.0 Å². The van der Waals surface area contributed by atoms with Crippen LogP contribution in [0.25, 0.3) is 33.5 Å². The number of rotatable bonds is 4. The van der Waals surface area contributed by atoms with Crippen LogP contribution in [-0.2, 0) is 10.4 Å². The van der Waals surface area contributed by atoms with Gasteiger partial charge in [-0.2, -0.15) is 0 Å². The number of aromatic nitrogens is 3. The maximum absolute atomic E-state index is 13.8. The highest BCUT2D eigenvalue weighted by Gasteiger charge is 2.48. The zero-order valence-electron chi connectivity index (χ0n) is 17.4. The summed E-state index contributed by atoms with van der Waals surface area (Å²) in [6, 6.07) is 12.3. The second kappa shape index (κ2) is 7.45. The van der Waals surface area contributed by atoms with Gasteiger partial charge in [-0.15, -0.1) is 0 Å². The van der Waals surface area contributed by atoms with E-state index in [-0.39, 0.29) is 29.2 Å². The van der Waals surface area contributed by atoms with Gasteiger partial charge in [0.2, 0.25) is 5.60 Å². The van der Waals surface area contributed by atoms with E-state index in [1.165, 1.54) is 29.2 Å². The first-order valence-electron chi connectivity index (χ1n) is 10.1. The lowest BCUT2D eigenvalue weighted by molar-refractivity contribution is -0.144. The number of likely N-dealkylation sites (N-methyl/N-ethyl adjacent to an activating group) is 1. The van der Waals surface area contributed by atoms with Gasteiger partial charge in [0, 0.05) is 48.7 Å². The first-order chi connectivity index (χ1) is 15.8. The number of carbonyl (C=O) groups excluding carboxylic acids is 2. The second-order valence-corrected chi connectivity index (χ2v) is 7.92. The predicted molar refractivity (Wildman–Crippen MR) is 115 cm³/mol. The summed E-state index contributed by atoms with van der Waals surface area (Å²) in [5.41, 5.74) is 5.48. The van der Waals surface area contributed by atoms with Crippen LogP contribution < -0.4 is 5.73 Å².